The first-order valence-electron chi connectivity index (χ1n) is 5.45. The van der Waals surface area contributed by atoms with Crippen LogP contribution in [0.5, 0.6) is 5.75 Å². The third-order valence-corrected chi connectivity index (χ3v) is 4.64. The highest BCUT2D eigenvalue weighted by Crippen LogP contribution is 2.29. The summed E-state index contributed by atoms with van der Waals surface area (Å²) in [5.41, 5.74) is 0.259. The molecular weight excluding hydrogens is 251 g/mol. The molecule has 1 atom stereocenters. The Balaban J connectivity index is 2.06. The molecule has 3 nitrogen and oxygen atoms in total. The number of hydrogen-bond acceptors (Lipinski definition) is 3. The Morgan fingerprint density at radius 2 is 1.56 bits per heavy atom. The van der Waals surface area contributed by atoms with E-state index in [1.807, 2.05) is 0 Å². The number of carbonyl (C=O) groups excluding carboxylic acids is 1. The summed E-state index contributed by atoms with van der Waals surface area (Å²) >= 11 is 0. The van der Waals surface area contributed by atoms with Gasteiger partial charge in [0.05, 0.1) is 10.8 Å². The molecule has 2 aromatic carbocycles. The molecule has 0 radical (unpaired) electrons. The number of rotatable bonds is 1. The predicted molar refractivity (Wildman–Crippen MR) is 65.4 cm³/mol. The van der Waals surface area contributed by atoms with E-state index in [1.165, 1.54) is 0 Å². The van der Waals surface area contributed by atoms with E-state index < -0.39 is 14.9 Å². The van der Waals surface area contributed by atoms with E-state index in [0.717, 1.165) is 0 Å². The lowest BCUT2D eigenvalue weighted by Crippen LogP contribution is -2.56. The van der Waals surface area contributed by atoms with Crippen molar-refractivity contribution in [1.29, 1.82) is 0 Å². The molecule has 0 amide bonds. The zero-order chi connectivity index (χ0) is 12.6. The van der Waals surface area contributed by atoms with Crippen LogP contribution >= 0.6 is 0 Å². The van der Waals surface area contributed by atoms with Gasteiger partial charge in [-0.05, 0) is 12.1 Å². The van der Waals surface area contributed by atoms with Crippen molar-refractivity contribution in [2.24, 2.45) is 0 Å². The highest BCUT2D eigenvalue weighted by Gasteiger charge is 2.53. The van der Waals surface area contributed by atoms with Crippen LogP contribution in [0.4, 0.5) is 4.11 Å². The molecule has 0 saturated carbocycles. The lowest BCUT2D eigenvalue weighted by molar-refractivity contribution is 0.0626. The van der Waals surface area contributed by atoms with Gasteiger partial charge >= 0.3 is 14.9 Å². The van der Waals surface area contributed by atoms with Gasteiger partial charge in [0.15, 0.2) is 0 Å². The van der Waals surface area contributed by atoms with Gasteiger partial charge in [-0.3, -0.25) is 0 Å². The second-order valence-corrected chi connectivity index (χ2v) is 5.95. The van der Waals surface area contributed by atoms with E-state index in [4.69, 9.17) is 8.85 Å². The van der Waals surface area contributed by atoms with E-state index >= 15 is 0 Å². The van der Waals surface area contributed by atoms with Crippen molar-refractivity contribution >= 4 is 20.1 Å². The Labute approximate surface area is 104 Å². The van der Waals surface area contributed by atoms with E-state index in [2.05, 4.69) is 0 Å². The summed E-state index contributed by atoms with van der Waals surface area (Å²) < 4.78 is 24.9. The van der Waals surface area contributed by atoms with Crippen molar-refractivity contribution in [3.63, 3.8) is 0 Å². The van der Waals surface area contributed by atoms with Gasteiger partial charge in [0, 0.05) is 0 Å². The average Bonchev–Trinajstić information content (AvgIpc) is 2.40. The Bertz CT molecular complexity index is 602. The zero-order valence-electron chi connectivity index (χ0n) is 9.30. The van der Waals surface area contributed by atoms with Crippen molar-refractivity contribution in [2.45, 2.75) is 0 Å². The second kappa shape index (κ2) is 3.96. The molecule has 5 heteroatoms. The van der Waals surface area contributed by atoms with Crippen molar-refractivity contribution in [2.75, 3.05) is 0 Å². The van der Waals surface area contributed by atoms with Crippen molar-refractivity contribution in [3.05, 3.63) is 60.2 Å². The third kappa shape index (κ3) is 1.69. The van der Waals surface area contributed by atoms with Gasteiger partial charge in [-0.2, -0.15) is 0 Å². The maximum atomic E-state index is 14.7. The highest BCUT2D eigenvalue weighted by molar-refractivity contribution is 6.77. The predicted octanol–water partition coefficient (Wildman–Crippen LogP) is 2.05. The lowest BCUT2D eigenvalue weighted by Gasteiger charge is -2.27. The molecule has 0 saturated heterocycles. The van der Waals surface area contributed by atoms with Gasteiger partial charge in [-0.15, -0.1) is 0 Å². The van der Waals surface area contributed by atoms with E-state index in [-0.39, 0.29) is 16.5 Å². The molecule has 1 aliphatic heterocycles. The van der Waals surface area contributed by atoms with E-state index in [0.29, 0.717) is 0 Å². The zero-order valence-corrected chi connectivity index (χ0v) is 10.3. The van der Waals surface area contributed by atoms with Crippen LogP contribution in [-0.4, -0.2) is 14.9 Å². The van der Waals surface area contributed by atoms with Gasteiger partial charge in [0.25, 0.3) is 0 Å². The second-order valence-electron chi connectivity index (χ2n) is 3.89. The Morgan fingerprint density at radius 1 is 0.889 bits per heavy atom. The summed E-state index contributed by atoms with van der Waals surface area (Å²) in [6.45, 7) is 0. The van der Waals surface area contributed by atoms with Gasteiger partial charge in [0.2, 0.25) is 0 Å². The van der Waals surface area contributed by atoms with Gasteiger partial charge < -0.3 is 8.85 Å². The number of para-hydroxylation sites is 1. The van der Waals surface area contributed by atoms with Crippen molar-refractivity contribution in [3.8, 4) is 5.75 Å². The molecule has 3 rings (SSSR count). The molecule has 0 aliphatic carbocycles. The molecule has 18 heavy (non-hydrogen) atoms. The van der Waals surface area contributed by atoms with Crippen molar-refractivity contribution < 1.29 is 17.8 Å². The molecule has 2 aromatic rings. The minimum Gasteiger partial charge on any atom is -0.485 e. The fraction of sp³-hybridized carbons (Fsp3) is 0. The van der Waals surface area contributed by atoms with Crippen LogP contribution in [0.3, 0.4) is 0 Å². The number of hydrogen-bond donors (Lipinski definition) is 0. The Hall–Kier alpha value is -2.14. The molecule has 0 bridgehead atoms. The topological polar surface area (TPSA) is 35.5 Å². The van der Waals surface area contributed by atoms with Gasteiger partial charge in [-0.25, -0.2) is 8.90 Å². The molecule has 1 aliphatic rings. The normalized spacial score (nSPS) is 21.7. The van der Waals surface area contributed by atoms with E-state index in [1.54, 1.807) is 54.6 Å². The molecular formula is C13H9FO3Si. The number of carbonyl (C=O) groups is 1. The summed E-state index contributed by atoms with van der Waals surface area (Å²) in [5, 5.41) is 0.285. The van der Waals surface area contributed by atoms with Crippen LogP contribution in [-0.2, 0) is 4.43 Å². The first-order valence-corrected chi connectivity index (χ1v) is 7.14. The van der Waals surface area contributed by atoms with Crippen LogP contribution in [0.1, 0.15) is 10.4 Å². The first-order chi connectivity index (χ1) is 8.69. The molecule has 90 valence electrons. The fourth-order valence-corrected chi connectivity index (χ4v) is 3.49. The number of halogens is 1. The van der Waals surface area contributed by atoms with Crippen LogP contribution in [0.15, 0.2) is 54.6 Å². The number of benzene rings is 2. The highest BCUT2D eigenvalue weighted by atomic mass is 28.4. The van der Waals surface area contributed by atoms with Crippen LogP contribution in [0.25, 0.3) is 0 Å². The maximum absolute atomic E-state index is 14.7. The summed E-state index contributed by atoms with van der Waals surface area (Å²) in [5.74, 6) is -0.429. The quantitative estimate of drug-likeness (QED) is 0.581. The number of fused-ring (bicyclic) bond motifs is 1. The monoisotopic (exact) mass is 260 g/mol. The average molecular weight is 260 g/mol. The van der Waals surface area contributed by atoms with Gasteiger partial charge in [0.1, 0.15) is 5.75 Å². The largest absolute Gasteiger partial charge is 0.711 e. The summed E-state index contributed by atoms with van der Waals surface area (Å²) in [6.07, 6.45) is 0. The first kappa shape index (κ1) is 11.0. The maximum Gasteiger partial charge on any atom is 0.711 e. The Kier molecular flexibility index (Phi) is 2.41. The minimum atomic E-state index is -4.18. The van der Waals surface area contributed by atoms with Crippen LogP contribution in [0, 0.1) is 0 Å². The molecule has 0 N–H and O–H groups in total. The molecule has 1 unspecified atom stereocenters. The summed E-state index contributed by atoms with van der Waals surface area (Å²) in [4.78, 5) is 11.8. The van der Waals surface area contributed by atoms with Crippen LogP contribution in [0.2, 0.25) is 0 Å². The summed E-state index contributed by atoms with van der Waals surface area (Å²) in [7, 11) is -4.18. The summed E-state index contributed by atoms with van der Waals surface area (Å²) in [6, 6.07) is 14.7. The van der Waals surface area contributed by atoms with Crippen LogP contribution < -0.4 is 9.61 Å². The fourth-order valence-electron chi connectivity index (χ4n) is 1.82. The third-order valence-electron chi connectivity index (χ3n) is 2.69. The molecule has 0 fully saturated rings. The SMILES string of the molecule is O=C1O[Si](F)(c2ccccc2)Oc2ccccc21. The standard InChI is InChI=1S/C13H9FO3Si/c14-18(10-6-2-1-3-7-10)16-12-9-5-4-8-11(12)13(15)17-18/h1-9H. The van der Waals surface area contributed by atoms with Gasteiger partial charge in [-0.1, -0.05) is 42.5 Å². The molecule has 0 aromatic heterocycles. The Morgan fingerprint density at radius 3 is 2.33 bits per heavy atom. The van der Waals surface area contributed by atoms with Crippen molar-refractivity contribution in [1.82, 2.24) is 0 Å². The molecule has 0 spiro atoms. The smallest absolute Gasteiger partial charge is 0.485 e. The lowest BCUT2D eigenvalue weighted by atomic mass is 10.2. The molecule has 1 heterocycles. The minimum absolute atomic E-state index is 0.242. The van der Waals surface area contributed by atoms with E-state index in [9.17, 15) is 8.90 Å².